The molecular formula is C14H20FNO. The first kappa shape index (κ1) is 12.5. The molecule has 2 nitrogen and oxygen atoms in total. The van der Waals surface area contributed by atoms with Crippen LogP contribution in [0.4, 0.5) is 4.39 Å². The third-order valence-electron chi connectivity index (χ3n) is 3.22. The molecule has 0 atom stereocenters. The van der Waals surface area contributed by atoms with Crippen LogP contribution in [-0.4, -0.2) is 37.7 Å². The number of halogens is 1. The van der Waals surface area contributed by atoms with Crippen LogP contribution in [0.15, 0.2) is 24.3 Å². The molecule has 1 aliphatic carbocycles. The van der Waals surface area contributed by atoms with Crippen molar-refractivity contribution in [1.29, 1.82) is 0 Å². The van der Waals surface area contributed by atoms with E-state index >= 15 is 0 Å². The second-order valence-corrected chi connectivity index (χ2v) is 4.64. The van der Waals surface area contributed by atoms with Gasteiger partial charge in [0, 0.05) is 26.2 Å². The molecular weight excluding hydrogens is 217 g/mol. The fourth-order valence-corrected chi connectivity index (χ4v) is 2.09. The topological polar surface area (TPSA) is 12.5 Å². The summed E-state index contributed by atoms with van der Waals surface area (Å²) in [7, 11) is 1.73. The Morgan fingerprint density at radius 3 is 2.82 bits per heavy atom. The Morgan fingerprint density at radius 2 is 2.18 bits per heavy atom. The minimum Gasteiger partial charge on any atom is -0.383 e. The van der Waals surface area contributed by atoms with Crippen molar-refractivity contribution in [2.24, 2.45) is 0 Å². The van der Waals surface area contributed by atoms with Gasteiger partial charge in [0.05, 0.1) is 6.61 Å². The van der Waals surface area contributed by atoms with Gasteiger partial charge in [-0.05, 0) is 37.0 Å². The Hall–Kier alpha value is -0.930. The van der Waals surface area contributed by atoms with Gasteiger partial charge in [-0.1, -0.05) is 12.1 Å². The Morgan fingerprint density at radius 1 is 1.35 bits per heavy atom. The van der Waals surface area contributed by atoms with Crippen LogP contribution >= 0.6 is 0 Å². The lowest BCUT2D eigenvalue weighted by molar-refractivity contribution is 0.144. The molecule has 1 aliphatic rings. The van der Waals surface area contributed by atoms with Crippen LogP contribution in [0.3, 0.4) is 0 Å². The molecule has 1 fully saturated rings. The van der Waals surface area contributed by atoms with E-state index in [0.717, 1.165) is 37.7 Å². The molecule has 0 saturated heterocycles. The standard InChI is InChI=1S/C14H20FNO/c1-17-10-9-16(14-5-6-14)8-7-12-3-2-4-13(15)11-12/h2-4,11,14H,5-10H2,1H3. The van der Waals surface area contributed by atoms with Crippen molar-refractivity contribution in [3.63, 3.8) is 0 Å². The average molecular weight is 237 g/mol. The number of rotatable bonds is 7. The summed E-state index contributed by atoms with van der Waals surface area (Å²) < 4.78 is 18.2. The summed E-state index contributed by atoms with van der Waals surface area (Å²) in [5.41, 5.74) is 1.08. The van der Waals surface area contributed by atoms with E-state index < -0.39 is 0 Å². The van der Waals surface area contributed by atoms with Gasteiger partial charge < -0.3 is 4.74 Å². The van der Waals surface area contributed by atoms with Crippen molar-refractivity contribution in [3.05, 3.63) is 35.6 Å². The maximum atomic E-state index is 13.0. The normalized spacial score (nSPS) is 15.5. The monoisotopic (exact) mass is 237 g/mol. The lowest BCUT2D eigenvalue weighted by Gasteiger charge is -2.21. The number of hydrogen-bond acceptors (Lipinski definition) is 2. The lowest BCUT2D eigenvalue weighted by Crippen LogP contribution is -2.31. The van der Waals surface area contributed by atoms with E-state index in [1.807, 2.05) is 6.07 Å². The summed E-state index contributed by atoms with van der Waals surface area (Å²) in [5, 5.41) is 0. The molecule has 1 aromatic carbocycles. The number of nitrogens with zero attached hydrogens (tertiary/aromatic N) is 1. The zero-order valence-electron chi connectivity index (χ0n) is 10.4. The molecule has 94 valence electrons. The van der Waals surface area contributed by atoms with Gasteiger partial charge in [-0.2, -0.15) is 0 Å². The number of benzene rings is 1. The van der Waals surface area contributed by atoms with Crippen molar-refractivity contribution in [3.8, 4) is 0 Å². The molecule has 0 spiro atoms. The molecule has 0 N–H and O–H groups in total. The quantitative estimate of drug-likeness (QED) is 0.722. The summed E-state index contributed by atoms with van der Waals surface area (Å²) in [5.74, 6) is -0.141. The first-order valence-electron chi connectivity index (χ1n) is 6.27. The second-order valence-electron chi connectivity index (χ2n) is 4.64. The molecule has 1 aromatic rings. The molecule has 0 bridgehead atoms. The third kappa shape index (κ3) is 4.10. The van der Waals surface area contributed by atoms with E-state index in [4.69, 9.17) is 4.74 Å². The number of hydrogen-bond donors (Lipinski definition) is 0. The van der Waals surface area contributed by atoms with Gasteiger partial charge in [-0.3, -0.25) is 4.90 Å². The summed E-state index contributed by atoms with van der Waals surface area (Å²) in [6.07, 6.45) is 3.51. The average Bonchev–Trinajstić information content (AvgIpc) is 3.13. The van der Waals surface area contributed by atoms with Crippen LogP contribution in [0.1, 0.15) is 18.4 Å². The van der Waals surface area contributed by atoms with Gasteiger partial charge in [-0.25, -0.2) is 4.39 Å². The van der Waals surface area contributed by atoms with Crippen molar-refractivity contribution < 1.29 is 9.13 Å². The maximum Gasteiger partial charge on any atom is 0.123 e. The van der Waals surface area contributed by atoms with Gasteiger partial charge in [-0.15, -0.1) is 0 Å². The van der Waals surface area contributed by atoms with E-state index in [2.05, 4.69) is 4.90 Å². The first-order chi connectivity index (χ1) is 8.29. The van der Waals surface area contributed by atoms with Gasteiger partial charge in [0.2, 0.25) is 0 Å². The molecule has 3 heteroatoms. The molecule has 0 aliphatic heterocycles. The minimum atomic E-state index is -0.141. The van der Waals surface area contributed by atoms with E-state index in [1.54, 1.807) is 19.2 Å². The maximum absolute atomic E-state index is 13.0. The molecule has 17 heavy (non-hydrogen) atoms. The Balaban J connectivity index is 1.82. The molecule has 0 heterocycles. The van der Waals surface area contributed by atoms with E-state index in [0.29, 0.717) is 0 Å². The summed E-state index contributed by atoms with van der Waals surface area (Å²) in [6, 6.07) is 7.62. The molecule has 1 saturated carbocycles. The Labute approximate surface area is 102 Å². The first-order valence-corrected chi connectivity index (χ1v) is 6.27. The highest BCUT2D eigenvalue weighted by Gasteiger charge is 2.28. The summed E-state index contributed by atoms with van der Waals surface area (Å²) in [4.78, 5) is 2.45. The third-order valence-corrected chi connectivity index (χ3v) is 3.22. The Kier molecular flexibility index (Phi) is 4.51. The van der Waals surface area contributed by atoms with Gasteiger partial charge >= 0.3 is 0 Å². The zero-order valence-corrected chi connectivity index (χ0v) is 10.4. The summed E-state index contributed by atoms with van der Waals surface area (Å²) in [6.45, 7) is 2.76. The molecule has 0 radical (unpaired) electrons. The fraction of sp³-hybridized carbons (Fsp3) is 0.571. The highest BCUT2D eigenvalue weighted by atomic mass is 19.1. The van der Waals surface area contributed by atoms with Crippen molar-refractivity contribution in [2.45, 2.75) is 25.3 Å². The van der Waals surface area contributed by atoms with E-state index in [1.165, 1.54) is 18.9 Å². The highest BCUT2D eigenvalue weighted by Crippen LogP contribution is 2.26. The van der Waals surface area contributed by atoms with E-state index in [9.17, 15) is 4.39 Å². The van der Waals surface area contributed by atoms with Crippen molar-refractivity contribution in [2.75, 3.05) is 26.8 Å². The number of methoxy groups -OCH3 is 1. The molecule has 0 amide bonds. The number of ether oxygens (including phenoxy) is 1. The van der Waals surface area contributed by atoms with Crippen LogP contribution in [0.25, 0.3) is 0 Å². The molecule has 0 unspecified atom stereocenters. The molecule has 0 aromatic heterocycles. The highest BCUT2D eigenvalue weighted by molar-refractivity contribution is 5.16. The van der Waals surface area contributed by atoms with Crippen molar-refractivity contribution in [1.82, 2.24) is 4.90 Å². The van der Waals surface area contributed by atoms with Crippen LogP contribution in [0.5, 0.6) is 0 Å². The second kappa shape index (κ2) is 6.12. The predicted molar refractivity (Wildman–Crippen MR) is 66.6 cm³/mol. The van der Waals surface area contributed by atoms with Crippen molar-refractivity contribution >= 4 is 0 Å². The van der Waals surface area contributed by atoms with Gasteiger partial charge in [0.25, 0.3) is 0 Å². The minimum absolute atomic E-state index is 0.141. The van der Waals surface area contributed by atoms with Crippen LogP contribution < -0.4 is 0 Å². The predicted octanol–water partition coefficient (Wildman–Crippen LogP) is 2.48. The van der Waals surface area contributed by atoms with Crippen LogP contribution in [-0.2, 0) is 11.2 Å². The van der Waals surface area contributed by atoms with Gasteiger partial charge in [0.15, 0.2) is 0 Å². The van der Waals surface area contributed by atoms with Crippen LogP contribution in [0, 0.1) is 5.82 Å². The zero-order chi connectivity index (χ0) is 12.1. The van der Waals surface area contributed by atoms with Crippen LogP contribution in [0.2, 0.25) is 0 Å². The van der Waals surface area contributed by atoms with E-state index in [-0.39, 0.29) is 5.82 Å². The lowest BCUT2D eigenvalue weighted by atomic mass is 10.1. The SMILES string of the molecule is COCCN(CCc1cccc(F)c1)C1CC1. The summed E-state index contributed by atoms with van der Waals surface area (Å²) >= 11 is 0. The smallest absolute Gasteiger partial charge is 0.123 e. The Bertz CT molecular complexity index is 352. The molecule has 2 rings (SSSR count). The van der Waals surface area contributed by atoms with Gasteiger partial charge in [0.1, 0.15) is 5.82 Å². The fourth-order valence-electron chi connectivity index (χ4n) is 2.09. The largest absolute Gasteiger partial charge is 0.383 e.